The fourth-order valence-electron chi connectivity index (χ4n) is 3.59. The van der Waals surface area contributed by atoms with Crippen LogP contribution in [-0.4, -0.2) is 58.6 Å². The number of carbonyl (C=O) groups excluding carboxylic acids is 1. The molecule has 11 nitrogen and oxygen atoms in total. The highest BCUT2D eigenvalue weighted by Crippen LogP contribution is 2.36. The van der Waals surface area contributed by atoms with Gasteiger partial charge in [0.05, 0.1) is 22.0 Å². The van der Waals surface area contributed by atoms with Gasteiger partial charge < -0.3 is 14.5 Å². The van der Waals surface area contributed by atoms with Crippen molar-refractivity contribution < 1.29 is 32.5 Å². The van der Waals surface area contributed by atoms with Gasteiger partial charge in [-0.3, -0.25) is 30.3 Å². The first-order chi connectivity index (χ1) is 16.9. The Bertz CT molecular complexity index is 1200. The van der Waals surface area contributed by atoms with Crippen molar-refractivity contribution in [2.24, 2.45) is 0 Å². The Hall–Kier alpha value is -4.01. The van der Waals surface area contributed by atoms with Crippen molar-refractivity contribution in [2.45, 2.75) is 13.1 Å². The molecule has 15 heteroatoms. The Morgan fingerprint density at radius 2 is 1.69 bits per heavy atom. The predicted octanol–water partition coefficient (Wildman–Crippen LogP) is 3.76. The maximum atomic E-state index is 13.0. The molecule has 0 unspecified atom stereocenters. The molecule has 0 aromatic heterocycles. The van der Waals surface area contributed by atoms with E-state index < -0.39 is 33.2 Å². The lowest BCUT2D eigenvalue weighted by molar-refractivity contribution is -0.385. The van der Waals surface area contributed by atoms with Gasteiger partial charge >= 0.3 is 11.9 Å². The molecule has 0 bridgehead atoms. The van der Waals surface area contributed by atoms with Crippen LogP contribution in [0.3, 0.4) is 0 Å². The van der Waals surface area contributed by atoms with Crippen LogP contribution in [0.15, 0.2) is 36.4 Å². The Balaban J connectivity index is 1.66. The van der Waals surface area contributed by atoms with Gasteiger partial charge in [-0.2, -0.15) is 13.2 Å². The van der Waals surface area contributed by atoms with E-state index >= 15 is 0 Å². The maximum Gasteiger partial charge on any atom is 0.416 e. The monoisotopic (exact) mass is 527 g/mol. The lowest BCUT2D eigenvalue weighted by atomic mass is 10.1. The van der Waals surface area contributed by atoms with Crippen LogP contribution in [0.2, 0.25) is 0 Å². The summed E-state index contributed by atoms with van der Waals surface area (Å²) in [6, 6.07) is 6.10. The second kappa shape index (κ2) is 10.7. The number of nitro groups is 2. The zero-order chi connectivity index (χ0) is 26.6. The molecule has 2 aromatic rings. The second-order valence-corrected chi connectivity index (χ2v) is 7.95. The molecular formula is C21H20F3N5O6S. The van der Waals surface area contributed by atoms with E-state index in [2.05, 4.69) is 5.32 Å². The molecule has 2 aromatic carbocycles. The number of alkyl halides is 3. The number of rotatable bonds is 6. The molecule has 1 N–H and O–H groups in total. The first kappa shape index (κ1) is 26.6. The van der Waals surface area contributed by atoms with Crippen LogP contribution in [-0.2, 0) is 6.18 Å². The van der Waals surface area contributed by atoms with Crippen LogP contribution in [0.4, 0.5) is 30.2 Å². The van der Waals surface area contributed by atoms with Crippen molar-refractivity contribution in [2.75, 3.05) is 37.7 Å². The van der Waals surface area contributed by atoms with Crippen molar-refractivity contribution in [3.8, 4) is 5.75 Å². The molecular weight excluding hydrogens is 507 g/mol. The van der Waals surface area contributed by atoms with E-state index in [0.717, 1.165) is 18.2 Å². The number of benzene rings is 2. The summed E-state index contributed by atoms with van der Waals surface area (Å²) >= 11 is 5.27. The molecule has 1 amide bonds. The lowest BCUT2D eigenvalue weighted by Crippen LogP contribution is -2.52. The zero-order valence-electron chi connectivity index (χ0n) is 18.8. The van der Waals surface area contributed by atoms with Gasteiger partial charge in [0.25, 0.3) is 11.6 Å². The van der Waals surface area contributed by atoms with Gasteiger partial charge in [-0.25, -0.2) is 0 Å². The van der Waals surface area contributed by atoms with E-state index in [9.17, 15) is 38.2 Å². The van der Waals surface area contributed by atoms with Crippen LogP contribution in [0.1, 0.15) is 22.8 Å². The molecule has 0 saturated carbocycles. The summed E-state index contributed by atoms with van der Waals surface area (Å²) in [6.07, 6.45) is -4.71. The molecule has 0 spiro atoms. The Kier molecular flexibility index (Phi) is 7.92. The van der Waals surface area contributed by atoms with Crippen molar-refractivity contribution in [1.29, 1.82) is 0 Å². The molecule has 0 radical (unpaired) electrons. The number of carbonyl (C=O) groups is 1. The van der Waals surface area contributed by atoms with Crippen LogP contribution in [0.25, 0.3) is 0 Å². The summed E-state index contributed by atoms with van der Waals surface area (Å²) < 4.78 is 44.1. The number of hydrogen-bond donors (Lipinski definition) is 1. The number of hydrogen-bond acceptors (Lipinski definition) is 8. The van der Waals surface area contributed by atoms with Gasteiger partial charge in [0.15, 0.2) is 10.9 Å². The van der Waals surface area contributed by atoms with Gasteiger partial charge in [0.2, 0.25) is 0 Å². The number of piperazine rings is 1. The fraction of sp³-hybridized carbons (Fsp3) is 0.333. The summed E-state index contributed by atoms with van der Waals surface area (Å²) in [5.41, 5.74) is -2.11. The summed E-state index contributed by atoms with van der Waals surface area (Å²) in [6.45, 7) is 2.70. The third kappa shape index (κ3) is 5.97. The molecule has 3 rings (SSSR count). The summed E-state index contributed by atoms with van der Waals surface area (Å²) in [7, 11) is 0. The average Bonchev–Trinajstić information content (AvgIpc) is 2.83. The third-order valence-electron chi connectivity index (χ3n) is 5.35. The molecule has 1 saturated heterocycles. The molecule has 0 atom stereocenters. The van der Waals surface area contributed by atoms with Crippen molar-refractivity contribution in [3.05, 3.63) is 67.8 Å². The lowest BCUT2D eigenvalue weighted by Gasteiger charge is -2.37. The number of thiocarbonyl (C=S) groups is 1. The van der Waals surface area contributed by atoms with Gasteiger partial charge in [0.1, 0.15) is 5.69 Å². The number of ether oxygens (including phenoxy) is 1. The third-order valence-corrected chi connectivity index (χ3v) is 5.71. The van der Waals surface area contributed by atoms with Crippen molar-refractivity contribution in [1.82, 2.24) is 10.2 Å². The molecule has 192 valence electrons. The zero-order valence-corrected chi connectivity index (χ0v) is 19.6. The molecule has 1 aliphatic rings. The van der Waals surface area contributed by atoms with Crippen LogP contribution in [0, 0.1) is 20.2 Å². The average molecular weight is 527 g/mol. The minimum absolute atomic E-state index is 0.00785. The van der Waals surface area contributed by atoms with Crippen LogP contribution >= 0.6 is 12.2 Å². The number of amides is 1. The van der Waals surface area contributed by atoms with E-state index in [4.69, 9.17) is 17.0 Å². The second-order valence-electron chi connectivity index (χ2n) is 7.56. The molecule has 36 heavy (non-hydrogen) atoms. The quantitative estimate of drug-likeness (QED) is 0.339. The highest BCUT2D eigenvalue weighted by Gasteiger charge is 2.34. The number of nitrogens with one attached hydrogen (secondary N) is 1. The summed E-state index contributed by atoms with van der Waals surface area (Å²) in [5.74, 6) is -0.651. The smallest absolute Gasteiger partial charge is 0.416 e. The number of halogens is 3. The van der Waals surface area contributed by atoms with E-state index in [1.807, 2.05) is 0 Å². The summed E-state index contributed by atoms with van der Waals surface area (Å²) in [5, 5.41) is 25.2. The minimum atomic E-state index is -4.71. The predicted molar refractivity (Wildman–Crippen MR) is 126 cm³/mol. The van der Waals surface area contributed by atoms with Gasteiger partial charge in [-0.1, -0.05) is 0 Å². The Labute approximate surface area is 207 Å². The van der Waals surface area contributed by atoms with E-state index in [1.54, 1.807) is 16.7 Å². The fourth-order valence-corrected chi connectivity index (χ4v) is 3.87. The summed E-state index contributed by atoms with van der Waals surface area (Å²) in [4.78, 5) is 36.9. The van der Waals surface area contributed by atoms with Crippen LogP contribution < -0.4 is 15.0 Å². The van der Waals surface area contributed by atoms with Crippen molar-refractivity contribution in [3.63, 3.8) is 0 Å². The normalized spacial score (nSPS) is 13.8. The van der Waals surface area contributed by atoms with Crippen molar-refractivity contribution >= 4 is 40.3 Å². The number of nitro benzene ring substituents is 2. The Morgan fingerprint density at radius 1 is 1.06 bits per heavy atom. The van der Waals surface area contributed by atoms with Gasteiger partial charge in [-0.05, 0) is 43.4 Å². The molecule has 1 fully saturated rings. The van der Waals surface area contributed by atoms with Gasteiger partial charge in [-0.15, -0.1) is 0 Å². The first-order valence-electron chi connectivity index (χ1n) is 10.5. The number of anilines is 1. The standard InChI is InChI=1S/C21H20F3N5O6S/c1-2-35-18-6-3-13(11-17(18)29(33)34)19(30)25-20(36)27-9-7-26(8-10-27)15-5-4-14(21(22,23)24)12-16(15)28(31)32/h3-6,11-12H,2,7-10H2,1H3,(H,25,30,36). The largest absolute Gasteiger partial charge is 0.487 e. The first-order valence-corrected chi connectivity index (χ1v) is 10.9. The van der Waals surface area contributed by atoms with Gasteiger partial charge in [0, 0.05) is 43.9 Å². The van der Waals surface area contributed by atoms with E-state index in [1.165, 1.54) is 12.1 Å². The topological polar surface area (TPSA) is 131 Å². The maximum absolute atomic E-state index is 13.0. The highest BCUT2D eigenvalue weighted by molar-refractivity contribution is 7.80. The number of nitrogens with zero attached hydrogens (tertiary/aromatic N) is 4. The molecule has 0 aliphatic carbocycles. The van der Waals surface area contributed by atoms with Crippen LogP contribution in [0.5, 0.6) is 5.75 Å². The molecule has 1 aliphatic heterocycles. The molecule has 1 heterocycles. The minimum Gasteiger partial charge on any atom is -0.487 e. The SMILES string of the molecule is CCOc1ccc(C(=O)NC(=S)N2CCN(c3ccc(C(F)(F)F)cc3[N+](=O)[O-])CC2)cc1[N+](=O)[O-]. The van der Waals surface area contributed by atoms with E-state index in [-0.39, 0.29) is 60.6 Å². The Morgan fingerprint density at radius 3 is 2.25 bits per heavy atom. The highest BCUT2D eigenvalue weighted by atomic mass is 32.1. The van der Waals surface area contributed by atoms with E-state index in [0.29, 0.717) is 6.07 Å².